The molecule has 0 unspecified atom stereocenters. The standard InChI is InChI=1S/C8H9N3O3/c1-11-4-5(3-9-11)6-2-7(8(12)13)14-10-6/h3-4,7H,2H2,1H3,(H,12,13)/p-1/t7-/m1/s1. The fraction of sp³-hybridized carbons (Fsp3) is 0.375. The van der Waals surface area contributed by atoms with Crippen molar-refractivity contribution in [3.63, 3.8) is 0 Å². The summed E-state index contributed by atoms with van der Waals surface area (Å²) in [6, 6.07) is 0. The van der Waals surface area contributed by atoms with Crippen LogP contribution < -0.4 is 5.11 Å². The molecular formula is C8H8N3O3-. The van der Waals surface area contributed by atoms with Crippen molar-refractivity contribution in [1.29, 1.82) is 0 Å². The van der Waals surface area contributed by atoms with Gasteiger partial charge in [0.25, 0.3) is 0 Å². The smallest absolute Gasteiger partial charge is 0.172 e. The molecular weight excluding hydrogens is 186 g/mol. The number of hydrogen-bond donors (Lipinski definition) is 0. The first-order valence-corrected chi connectivity index (χ1v) is 4.09. The Morgan fingerprint density at radius 2 is 2.57 bits per heavy atom. The van der Waals surface area contributed by atoms with E-state index in [1.165, 1.54) is 0 Å². The predicted octanol–water partition coefficient (Wildman–Crippen LogP) is -1.34. The molecule has 6 nitrogen and oxygen atoms in total. The third-order valence-electron chi connectivity index (χ3n) is 1.97. The Morgan fingerprint density at radius 3 is 3.07 bits per heavy atom. The van der Waals surface area contributed by atoms with E-state index in [2.05, 4.69) is 15.1 Å². The normalized spacial score (nSPS) is 20.4. The van der Waals surface area contributed by atoms with Crippen molar-refractivity contribution in [2.24, 2.45) is 12.2 Å². The van der Waals surface area contributed by atoms with Crippen LogP contribution in [0.1, 0.15) is 12.0 Å². The molecule has 0 fully saturated rings. The van der Waals surface area contributed by atoms with Gasteiger partial charge in [-0.05, 0) is 0 Å². The third-order valence-corrected chi connectivity index (χ3v) is 1.97. The summed E-state index contributed by atoms with van der Waals surface area (Å²) in [7, 11) is 1.77. The van der Waals surface area contributed by atoms with E-state index >= 15 is 0 Å². The quantitative estimate of drug-likeness (QED) is 0.583. The molecule has 0 amide bonds. The second-order valence-corrected chi connectivity index (χ2v) is 3.06. The second-order valence-electron chi connectivity index (χ2n) is 3.06. The lowest BCUT2D eigenvalue weighted by molar-refractivity contribution is -0.315. The van der Waals surface area contributed by atoms with E-state index in [0.717, 1.165) is 5.56 Å². The summed E-state index contributed by atoms with van der Waals surface area (Å²) in [6.07, 6.45) is 2.62. The zero-order valence-corrected chi connectivity index (χ0v) is 7.51. The Labute approximate surface area is 79.8 Å². The zero-order chi connectivity index (χ0) is 10.1. The fourth-order valence-corrected chi connectivity index (χ4v) is 1.24. The van der Waals surface area contributed by atoms with Crippen LogP contribution in [0.15, 0.2) is 17.5 Å². The number of nitrogens with zero attached hydrogens (tertiary/aromatic N) is 3. The number of carbonyl (C=O) groups is 1. The maximum Gasteiger partial charge on any atom is 0.172 e. The number of carboxylic acids is 1. The van der Waals surface area contributed by atoms with Gasteiger partial charge in [0, 0.05) is 25.2 Å². The molecule has 0 saturated heterocycles. The molecule has 1 aromatic heterocycles. The molecule has 1 aliphatic rings. The van der Waals surface area contributed by atoms with Crippen molar-refractivity contribution in [2.45, 2.75) is 12.5 Å². The number of hydrogen-bond acceptors (Lipinski definition) is 5. The van der Waals surface area contributed by atoms with E-state index in [0.29, 0.717) is 5.71 Å². The number of aliphatic carboxylic acids is 1. The average Bonchev–Trinajstić information content (AvgIpc) is 2.70. The SMILES string of the molecule is Cn1cc(C2=NO[C@@H](C(=O)[O-])C2)cn1. The Balaban J connectivity index is 2.12. The fourth-order valence-electron chi connectivity index (χ4n) is 1.24. The molecule has 0 N–H and O–H groups in total. The molecule has 6 heteroatoms. The molecule has 1 atom stereocenters. The molecule has 74 valence electrons. The molecule has 0 bridgehead atoms. The minimum Gasteiger partial charge on any atom is -0.546 e. The van der Waals surface area contributed by atoms with Gasteiger partial charge >= 0.3 is 0 Å². The Kier molecular flexibility index (Phi) is 1.95. The highest BCUT2D eigenvalue weighted by Crippen LogP contribution is 2.15. The minimum atomic E-state index is -1.24. The molecule has 2 heterocycles. The van der Waals surface area contributed by atoms with Crippen molar-refractivity contribution < 1.29 is 14.7 Å². The Hall–Kier alpha value is -1.85. The number of oxime groups is 1. The van der Waals surface area contributed by atoms with Crippen molar-refractivity contribution >= 4 is 11.7 Å². The monoisotopic (exact) mass is 194 g/mol. The van der Waals surface area contributed by atoms with Gasteiger partial charge in [-0.2, -0.15) is 5.10 Å². The molecule has 0 aliphatic carbocycles. The van der Waals surface area contributed by atoms with Gasteiger partial charge in [-0.3, -0.25) is 4.68 Å². The van der Waals surface area contributed by atoms with Gasteiger partial charge in [-0.25, -0.2) is 0 Å². The van der Waals surface area contributed by atoms with E-state index in [1.54, 1.807) is 24.1 Å². The van der Waals surface area contributed by atoms with Gasteiger partial charge in [-0.1, -0.05) is 5.16 Å². The van der Waals surface area contributed by atoms with Gasteiger partial charge in [0.15, 0.2) is 6.10 Å². The highest BCUT2D eigenvalue weighted by atomic mass is 16.7. The summed E-state index contributed by atoms with van der Waals surface area (Å²) in [5.41, 5.74) is 1.36. The van der Waals surface area contributed by atoms with Crippen LogP contribution >= 0.6 is 0 Å². The maximum absolute atomic E-state index is 10.5. The molecule has 1 aromatic rings. The van der Waals surface area contributed by atoms with E-state index in [1.807, 2.05) is 0 Å². The molecule has 14 heavy (non-hydrogen) atoms. The van der Waals surface area contributed by atoms with Crippen LogP contribution in [0, 0.1) is 0 Å². The first kappa shape index (κ1) is 8.74. The van der Waals surface area contributed by atoms with Crippen molar-refractivity contribution in [2.75, 3.05) is 0 Å². The Morgan fingerprint density at radius 1 is 1.79 bits per heavy atom. The van der Waals surface area contributed by atoms with Gasteiger partial charge in [0.1, 0.15) is 0 Å². The molecule has 0 saturated carbocycles. The van der Waals surface area contributed by atoms with Crippen molar-refractivity contribution in [1.82, 2.24) is 9.78 Å². The average molecular weight is 194 g/mol. The molecule has 1 aliphatic heterocycles. The summed E-state index contributed by atoms with van der Waals surface area (Å²) in [4.78, 5) is 15.1. The summed E-state index contributed by atoms with van der Waals surface area (Å²) in [5, 5.41) is 18.1. The number of carbonyl (C=O) groups excluding carboxylic acids is 1. The first-order chi connectivity index (χ1) is 6.66. The van der Waals surface area contributed by atoms with E-state index < -0.39 is 12.1 Å². The number of carboxylic acid groups (broad SMARTS) is 1. The van der Waals surface area contributed by atoms with Crippen LogP contribution in [0.3, 0.4) is 0 Å². The zero-order valence-electron chi connectivity index (χ0n) is 7.51. The van der Waals surface area contributed by atoms with Crippen LogP contribution in [-0.2, 0) is 16.7 Å². The lowest BCUT2D eigenvalue weighted by Gasteiger charge is -2.06. The lowest BCUT2D eigenvalue weighted by atomic mass is 10.1. The molecule has 0 radical (unpaired) electrons. The lowest BCUT2D eigenvalue weighted by Crippen LogP contribution is -2.35. The number of aryl methyl sites for hydroxylation is 1. The largest absolute Gasteiger partial charge is 0.546 e. The van der Waals surface area contributed by atoms with E-state index in [-0.39, 0.29) is 6.42 Å². The maximum atomic E-state index is 10.5. The van der Waals surface area contributed by atoms with Gasteiger partial charge < -0.3 is 14.7 Å². The van der Waals surface area contributed by atoms with Crippen LogP contribution in [-0.4, -0.2) is 27.6 Å². The molecule has 0 aromatic carbocycles. The van der Waals surface area contributed by atoms with Crippen LogP contribution in [0.4, 0.5) is 0 Å². The van der Waals surface area contributed by atoms with Crippen molar-refractivity contribution in [3.8, 4) is 0 Å². The first-order valence-electron chi connectivity index (χ1n) is 4.09. The second kappa shape index (κ2) is 3.13. The number of aromatic nitrogens is 2. The van der Waals surface area contributed by atoms with Crippen LogP contribution in [0.25, 0.3) is 0 Å². The van der Waals surface area contributed by atoms with Crippen LogP contribution in [0.5, 0.6) is 0 Å². The van der Waals surface area contributed by atoms with Crippen molar-refractivity contribution in [3.05, 3.63) is 18.0 Å². The Bertz CT molecular complexity index is 396. The van der Waals surface area contributed by atoms with E-state index in [4.69, 9.17) is 0 Å². The molecule has 0 spiro atoms. The number of rotatable bonds is 2. The summed E-state index contributed by atoms with van der Waals surface area (Å²) >= 11 is 0. The molecule has 2 rings (SSSR count). The van der Waals surface area contributed by atoms with E-state index in [9.17, 15) is 9.90 Å². The highest BCUT2D eigenvalue weighted by Gasteiger charge is 2.23. The summed E-state index contributed by atoms with van der Waals surface area (Å²) in [5.74, 6) is -1.24. The third kappa shape index (κ3) is 1.46. The van der Waals surface area contributed by atoms with Gasteiger partial charge in [0.05, 0.1) is 17.9 Å². The van der Waals surface area contributed by atoms with Gasteiger partial charge in [-0.15, -0.1) is 0 Å². The van der Waals surface area contributed by atoms with Gasteiger partial charge in [0.2, 0.25) is 0 Å². The topological polar surface area (TPSA) is 79.5 Å². The predicted molar refractivity (Wildman–Crippen MR) is 44.2 cm³/mol. The van der Waals surface area contributed by atoms with Crippen LogP contribution in [0.2, 0.25) is 0 Å². The summed E-state index contributed by atoms with van der Waals surface area (Å²) in [6.45, 7) is 0. The summed E-state index contributed by atoms with van der Waals surface area (Å²) < 4.78 is 1.62. The minimum absolute atomic E-state index is 0.230. The highest BCUT2D eigenvalue weighted by molar-refractivity contribution is 6.02.